The summed E-state index contributed by atoms with van der Waals surface area (Å²) in [5, 5.41) is 9.14. The third-order valence-electron chi connectivity index (χ3n) is 6.66. The number of nitrogens with zero attached hydrogens (tertiary/aromatic N) is 1. The Kier molecular flexibility index (Phi) is 9.95. The first-order chi connectivity index (χ1) is 18.9. The van der Waals surface area contributed by atoms with Gasteiger partial charge in [-0.1, -0.05) is 60.7 Å². The van der Waals surface area contributed by atoms with Crippen LogP contribution in [0.4, 0.5) is 4.79 Å². The fourth-order valence-corrected chi connectivity index (χ4v) is 5.29. The number of benzene rings is 2. The van der Waals surface area contributed by atoms with Gasteiger partial charge < -0.3 is 19.0 Å². The lowest BCUT2D eigenvalue weighted by molar-refractivity contribution is -0.155. The lowest BCUT2D eigenvalue weighted by Crippen LogP contribution is -2.46. The molecule has 2 amide bonds. The number of amides is 2. The Morgan fingerprint density at radius 1 is 1.08 bits per heavy atom. The molecule has 0 unspecified atom stereocenters. The molecule has 0 spiro atoms. The summed E-state index contributed by atoms with van der Waals surface area (Å²) in [6, 6.07) is 20.2. The largest absolute Gasteiger partial charge is 0.461 e. The van der Waals surface area contributed by atoms with E-state index in [1.807, 2.05) is 60.7 Å². The van der Waals surface area contributed by atoms with Crippen molar-refractivity contribution in [3.63, 3.8) is 0 Å². The highest BCUT2D eigenvalue weighted by Gasteiger charge is 2.45. The van der Waals surface area contributed by atoms with Gasteiger partial charge in [-0.05, 0) is 58.8 Å². The van der Waals surface area contributed by atoms with Gasteiger partial charge in [-0.3, -0.25) is 9.59 Å². The predicted molar refractivity (Wildman–Crippen MR) is 147 cm³/mol. The molecule has 206 valence electrons. The molecule has 1 aliphatic heterocycles. The molecule has 8 nitrogen and oxygen atoms in total. The quantitative estimate of drug-likeness (QED) is 0.220. The van der Waals surface area contributed by atoms with Crippen molar-refractivity contribution in [2.45, 2.75) is 51.2 Å². The highest BCUT2D eigenvalue weighted by molar-refractivity contribution is 9.10. The van der Waals surface area contributed by atoms with E-state index in [4.69, 9.17) is 19.0 Å². The predicted octanol–water partition coefficient (Wildman–Crippen LogP) is 5.41. The maximum absolute atomic E-state index is 14.2. The van der Waals surface area contributed by atoms with Crippen LogP contribution in [0.5, 0.6) is 0 Å². The molecule has 3 aromatic rings. The van der Waals surface area contributed by atoms with Crippen LogP contribution in [0, 0.1) is 5.92 Å². The second kappa shape index (κ2) is 13.6. The van der Waals surface area contributed by atoms with Crippen molar-refractivity contribution >= 4 is 33.9 Å². The first-order valence-electron chi connectivity index (χ1n) is 13.0. The molecule has 0 aliphatic carbocycles. The molecular weight excluding hydrogens is 566 g/mol. The summed E-state index contributed by atoms with van der Waals surface area (Å²) in [7, 11) is 0. The third-order valence-corrected chi connectivity index (χ3v) is 7.33. The molecule has 39 heavy (non-hydrogen) atoms. The first-order valence-corrected chi connectivity index (χ1v) is 13.8. The van der Waals surface area contributed by atoms with Crippen LogP contribution in [-0.2, 0) is 38.3 Å². The molecule has 0 bridgehead atoms. The normalized spacial score (nSPS) is 16.5. The highest BCUT2D eigenvalue weighted by atomic mass is 79.9. The van der Waals surface area contributed by atoms with Crippen LogP contribution in [0.15, 0.2) is 75.6 Å². The Bertz CT molecular complexity index is 1260. The molecule has 1 N–H and O–H groups in total. The zero-order valence-corrected chi connectivity index (χ0v) is 23.3. The number of aliphatic hydroxyl groups excluding tert-OH is 1. The van der Waals surface area contributed by atoms with E-state index in [0.717, 1.165) is 16.0 Å². The number of hydrogen-bond donors (Lipinski definition) is 1. The van der Waals surface area contributed by atoms with Gasteiger partial charge in [0.15, 0.2) is 6.10 Å². The van der Waals surface area contributed by atoms with E-state index in [9.17, 15) is 14.4 Å². The van der Waals surface area contributed by atoms with Gasteiger partial charge in [0.05, 0.1) is 16.4 Å². The van der Waals surface area contributed by atoms with Crippen LogP contribution in [0.3, 0.4) is 0 Å². The van der Waals surface area contributed by atoms with Gasteiger partial charge in [-0.15, -0.1) is 0 Å². The van der Waals surface area contributed by atoms with Crippen LogP contribution >= 0.6 is 15.9 Å². The van der Waals surface area contributed by atoms with Gasteiger partial charge >= 0.3 is 12.1 Å². The number of carbonyl (C=O) groups is 3. The average Bonchev–Trinajstić information content (AvgIpc) is 3.48. The van der Waals surface area contributed by atoms with Gasteiger partial charge in [-0.2, -0.15) is 0 Å². The zero-order valence-electron chi connectivity index (χ0n) is 21.8. The molecular formula is C30H32BrNO7. The number of cyclic esters (lactones) is 1. The minimum Gasteiger partial charge on any atom is -0.461 e. The molecule has 2 heterocycles. The number of furan rings is 1. The average molecular weight is 598 g/mol. The topological polar surface area (TPSA) is 106 Å². The van der Waals surface area contributed by atoms with Crippen molar-refractivity contribution < 1.29 is 33.4 Å². The number of carbonyl (C=O) groups excluding carboxylic acids is 3. The van der Waals surface area contributed by atoms with E-state index < -0.39 is 36.0 Å². The van der Waals surface area contributed by atoms with Crippen LogP contribution in [0.25, 0.3) is 0 Å². The van der Waals surface area contributed by atoms with E-state index in [1.165, 1.54) is 6.92 Å². The highest BCUT2D eigenvalue weighted by Crippen LogP contribution is 2.37. The number of unbranched alkanes of at least 4 members (excludes halogenated alkanes) is 1. The third kappa shape index (κ3) is 7.36. The Labute approximate surface area is 236 Å². The van der Waals surface area contributed by atoms with E-state index >= 15 is 0 Å². The summed E-state index contributed by atoms with van der Waals surface area (Å²) in [5.41, 5.74) is 1.81. The van der Waals surface area contributed by atoms with Crippen molar-refractivity contribution in [1.82, 2.24) is 4.90 Å². The van der Waals surface area contributed by atoms with E-state index in [1.54, 1.807) is 6.07 Å². The number of aryl methyl sites for hydroxylation is 1. The SMILES string of the molecule is CC(=O)O[C@@H](c1cc(Br)c(CCCCO)o1)[C@H](Cc1ccccc1)C(=O)N1C(=O)OC[C@H]1Cc1ccccc1. The first kappa shape index (κ1) is 28.6. The summed E-state index contributed by atoms with van der Waals surface area (Å²) in [4.78, 5) is 40.5. The summed E-state index contributed by atoms with van der Waals surface area (Å²) in [5.74, 6) is -1.10. The molecule has 1 saturated heterocycles. The molecule has 1 aliphatic rings. The second-order valence-corrected chi connectivity index (χ2v) is 10.4. The number of esters is 1. The van der Waals surface area contributed by atoms with E-state index in [2.05, 4.69) is 15.9 Å². The van der Waals surface area contributed by atoms with Crippen LogP contribution in [0.2, 0.25) is 0 Å². The lowest BCUT2D eigenvalue weighted by atomic mass is 9.90. The number of ether oxygens (including phenoxy) is 2. The number of imide groups is 1. The smallest absolute Gasteiger partial charge is 0.416 e. The minimum absolute atomic E-state index is 0.0744. The fraction of sp³-hybridized carbons (Fsp3) is 0.367. The number of rotatable bonds is 12. The van der Waals surface area contributed by atoms with Gasteiger partial charge in [0, 0.05) is 20.0 Å². The van der Waals surface area contributed by atoms with E-state index in [0.29, 0.717) is 41.7 Å². The maximum Gasteiger partial charge on any atom is 0.416 e. The second-order valence-electron chi connectivity index (χ2n) is 9.56. The monoisotopic (exact) mass is 597 g/mol. The Morgan fingerprint density at radius 3 is 2.38 bits per heavy atom. The molecule has 9 heteroatoms. The van der Waals surface area contributed by atoms with Gasteiger partial charge in [0.25, 0.3) is 0 Å². The Morgan fingerprint density at radius 2 is 1.74 bits per heavy atom. The van der Waals surface area contributed by atoms with Crippen molar-refractivity contribution in [3.8, 4) is 0 Å². The van der Waals surface area contributed by atoms with Crippen molar-refractivity contribution in [2.24, 2.45) is 5.92 Å². The Hall–Kier alpha value is -3.43. The van der Waals surface area contributed by atoms with Crippen molar-refractivity contribution in [2.75, 3.05) is 13.2 Å². The summed E-state index contributed by atoms with van der Waals surface area (Å²) in [6.45, 7) is 1.43. The van der Waals surface area contributed by atoms with Crippen LogP contribution in [0.1, 0.15) is 48.5 Å². The summed E-state index contributed by atoms with van der Waals surface area (Å²) < 4.78 is 17.9. The molecule has 2 aromatic carbocycles. The van der Waals surface area contributed by atoms with Gasteiger partial charge in [-0.25, -0.2) is 9.69 Å². The van der Waals surface area contributed by atoms with Crippen molar-refractivity contribution in [1.29, 1.82) is 0 Å². The molecule has 0 saturated carbocycles. The standard InChI is InChI=1S/C30H32BrNO7/c1-20(34)38-28(27-18-25(31)26(39-27)14-8-9-15-33)24(17-22-12-6-3-7-13-22)29(35)32-23(19-37-30(32)36)16-21-10-4-2-5-11-21/h2-7,10-13,18,23-24,28,33H,8-9,14-17,19H2,1H3/t23-,24+,28-/m1/s1. The fourth-order valence-electron chi connectivity index (χ4n) is 4.79. The number of halogens is 1. The van der Waals surface area contributed by atoms with Crippen LogP contribution in [-0.4, -0.2) is 47.2 Å². The number of aliphatic hydroxyl groups is 1. The summed E-state index contributed by atoms with van der Waals surface area (Å²) in [6.07, 6.45) is 0.726. The Balaban J connectivity index is 1.70. The van der Waals surface area contributed by atoms with Gasteiger partial charge in [0.2, 0.25) is 5.91 Å². The van der Waals surface area contributed by atoms with Crippen molar-refractivity contribution in [3.05, 3.63) is 93.9 Å². The minimum atomic E-state index is -1.08. The molecule has 1 fully saturated rings. The lowest BCUT2D eigenvalue weighted by Gasteiger charge is -2.29. The molecule has 1 aromatic heterocycles. The number of hydrogen-bond acceptors (Lipinski definition) is 7. The van der Waals surface area contributed by atoms with E-state index in [-0.39, 0.29) is 19.6 Å². The molecule has 4 rings (SSSR count). The van der Waals surface area contributed by atoms with Gasteiger partial charge in [0.1, 0.15) is 18.1 Å². The maximum atomic E-state index is 14.2. The van der Waals surface area contributed by atoms with Crippen LogP contribution < -0.4 is 0 Å². The summed E-state index contributed by atoms with van der Waals surface area (Å²) >= 11 is 3.51. The zero-order chi connectivity index (χ0) is 27.8. The molecule has 3 atom stereocenters. The molecule has 0 radical (unpaired) electrons.